The van der Waals surface area contributed by atoms with Crippen molar-refractivity contribution in [3.05, 3.63) is 59.3 Å². The van der Waals surface area contributed by atoms with Crippen LogP contribution in [0.5, 0.6) is 0 Å². The van der Waals surface area contributed by atoms with Gasteiger partial charge in [-0.1, -0.05) is 24.3 Å². The number of nitrogens with zero attached hydrogens (tertiary/aromatic N) is 3. The molecule has 0 aliphatic carbocycles. The summed E-state index contributed by atoms with van der Waals surface area (Å²) in [6, 6.07) is 11.5. The van der Waals surface area contributed by atoms with Crippen molar-refractivity contribution < 1.29 is 9.59 Å². The standard InChI is InChI=1S/C17H17N3O2/c1-19(12-21)9-10-20-16-14(6-4-8-18-16)11-13-5-2-3-7-15(13)17(20)22/h2-8,12H,9-11H2,1H3. The quantitative estimate of drug-likeness (QED) is 0.807. The predicted molar refractivity (Wildman–Crippen MR) is 83.9 cm³/mol. The lowest BCUT2D eigenvalue weighted by Crippen LogP contribution is -2.38. The Morgan fingerprint density at radius 2 is 2.00 bits per heavy atom. The van der Waals surface area contributed by atoms with Crippen LogP contribution in [-0.2, 0) is 11.2 Å². The van der Waals surface area contributed by atoms with Crippen LogP contribution in [0.4, 0.5) is 5.82 Å². The predicted octanol–water partition coefficient (Wildman–Crippen LogP) is 1.72. The zero-order valence-corrected chi connectivity index (χ0v) is 12.4. The second kappa shape index (κ2) is 5.97. The molecule has 0 atom stereocenters. The number of rotatable bonds is 4. The summed E-state index contributed by atoms with van der Waals surface area (Å²) in [4.78, 5) is 31.2. The molecule has 5 nitrogen and oxygen atoms in total. The van der Waals surface area contributed by atoms with Crippen molar-refractivity contribution in [1.29, 1.82) is 0 Å². The third kappa shape index (κ3) is 2.57. The molecule has 1 aliphatic heterocycles. The van der Waals surface area contributed by atoms with Crippen LogP contribution in [0, 0.1) is 0 Å². The summed E-state index contributed by atoms with van der Waals surface area (Å²) < 4.78 is 0. The molecule has 0 fully saturated rings. The number of carbonyl (C=O) groups is 2. The zero-order chi connectivity index (χ0) is 15.5. The maximum absolute atomic E-state index is 12.9. The molecular weight excluding hydrogens is 278 g/mol. The molecule has 0 radical (unpaired) electrons. The van der Waals surface area contributed by atoms with E-state index in [1.807, 2.05) is 36.4 Å². The molecule has 0 bridgehead atoms. The van der Waals surface area contributed by atoms with E-state index < -0.39 is 0 Å². The zero-order valence-electron chi connectivity index (χ0n) is 12.4. The molecule has 0 saturated heterocycles. The topological polar surface area (TPSA) is 53.5 Å². The van der Waals surface area contributed by atoms with Crippen LogP contribution in [0.3, 0.4) is 0 Å². The van der Waals surface area contributed by atoms with E-state index >= 15 is 0 Å². The number of amides is 2. The van der Waals surface area contributed by atoms with Crippen molar-refractivity contribution in [2.24, 2.45) is 0 Å². The van der Waals surface area contributed by atoms with Gasteiger partial charge in [0.15, 0.2) is 0 Å². The fourth-order valence-electron chi connectivity index (χ4n) is 2.66. The van der Waals surface area contributed by atoms with E-state index in [1.54, 1.807) is 18.1 Å². The molecule has 112 valence electrons. The highest BCUT2D eigenvalue weighted by Gasteiger charge is 2.27. The first-order chi connectivity index (χ1) is 10.7. The number of carbonyl (C=O) groups excluding carboxylic acids is 2. The number of anilines is 1. The average Bonchev–Trinajstić information content (AvgIpc) is 2.67. The largest absolute Gasteiger partial charge is 0.347 e. The van der Waals surface area contributed by atoms with Crippen LogP contribution in [0.25, 0.3) is 0 Å². The first-order valence-corrected chi connectivity index (χ1v) is 7.20. The second-order valence-electron chi connectivity index (χ2n) is 5.36. The number of benzene rings is 1. The second-order valence-corrected chi connectivity index (χ2v) is 5.36. The summed E-state index contributed by atoms with van der Waals surface area (Å²) in [7, 11) is 1.70. The Bertz CT molecular complexity index is 715. The van der Waals surface area contributed by atoms with Crippen molar-refractivity contribution in [2.45, 2.75) is 6.42 Å². The number of hydrogen-bond donors (Lipinski definition) is 0. The molecular formula is C17H17N3O2. The van der Waals surface area contributed by atoms with Gasteiger partial charge < -0.3 is 4.90 Å². The SMILES string of the molecule is CN(C=O)CCN1C(=O)c2ccccc2Cc2cccnc21. The molecule has 5 heteroatoms. The lowest BCUT2D eigenvalue weighted by Gasteiger charge is -2.23. The molecule has 0 spiro atoms. The van der Waals surface area contributed by atoms with E-state index in [9.17, 15) is 9.59 Å². The minimum atomic E-state index is -0.0626. The Labute approximate surface area is 129 Å². The molecule has 1 aliphatic rings. The summed E-state index contributed by atoms with van der Waals surface area (Å²) in [6.07, 6.45) is 3.14. The molecule has 22 heavy (non-hydrogen) atoms. The van der Waals surface area contributed by atoms with Crippen LogP contribution in [-0.4, -0.2) is 42.3 Å². The van der Waals surface area contributed by atoms with E-state index in [-0.39, 0.29) is 5.91 Å². The minimum Gasteiger partial charge on any atom is -0.347 e. The highest BCUT2D eigenvalue weighted by molar-refractivity contribution is 6.07. The Hall–Kier alpha value is -2.69. The summed E-state index contributed by atoms with van der Waals surface area (Å²) in [5, 5.41) is 0. The number of pyridine rings is 1. The van der Waals surface area contributed by atoms with Crippen molar-refractivity contribution >= 4 is 18.1 Å². The van der Waals surface area contributed by atoms with E-state index in [4.69, 9.17) is 0 Å². The molecule has 2 amide bonds. The van der Waals surface area contributed by atoms with E-state index in [0.29, 0.717) is 30.9 Å². The van der Waals surface area contributed by atoms with Gasteiger partial charge in [0, 0.05) is 38.3 Å². The molecule has 0 N–H and O–H groups in total. The first-order valence-electron chi connectivity index (χ1n) is 7.20. The van der Waals surface area contributed by atoms with Crippen molar-refractivity contribution in [2.75, 3.05) is 25.0 Å². The van der Waals surface area contributed by atoms with Gasteiger partial charge in [-0.15, -0.1) is 0 Å². The van der Waals surface area contributed by atoms with Crippen LogP contribution < -0.4 is 4.90 Å². The van der Waals surface area contributed by atoms with Gasteiger partial charge in [-0.3, -0.25) is 14.5 Å². The fourth-order valence-corrected chi connectivity index (χ4v) is 2.66. The van der Waals surface area contributed by atoms with Gasteiger partial charge in [0.2, 0.25) is 6.41 Å². The third-order valence-corrected chi connectivity index (χ3v) is 3.85. The van der Waals surface area contributed by atoms with Gasteiger partial charge in [-0.2, -0.15) is 0 Å². The normalized spacial score (nSPS) is 13.1. The molecule has 2 heterocycles. The Kier molecular flexibility index (Phi) is 3.87. The lowest BCUT2D eigenvalue weighted by molar-refractivity contribution is -0.116. The lowest BCUT2D eigenvalue weighted by atomic mass is 10.0. The summed E-state index contributed by atoms with van der Waals surface area (Å²) in [6.45, 7) is 0.889. The van der Waals surface area contributed by atoms with Gasteiger partial charge in [0.1, 0.15) is 5.82 Å². The Morgan fingerprint density at radius 1 is 1.23 bits per heavy atom. The number of fused-ring (bicyclic) bond motifs is 2. The van der Waals surface area contributed by atoms with Gasteiger partial charge in [0.05, 0.1) is 0 Å². The smallest absolute Gasteiger partial charge is 0.259 e. The first kappa shape index (κ1) is 14.3. The highest BCUT2D eigenvalue weighted by atomic mass is 16.2. The number of aromatic nitrogens is 1. The van der Waals surface area contributed by atoms with Crippen LogP contribution in [0.1, 0.15) is 21.5 Å². The van der Waals surface area contributed by atoms with Gasteiger partial charge >= 0.3 is 0 Å². The van der Waals surface area contributed by atoms with Crippen LogP contribution in [0.2, 0.25) is 0 Å². The monoisotopic (exact) mass is 295 g/mol. The van der Waals surface area contributed by atoms with Crippen LogP contribution >= 0.6 is 0 Å². The summed E-state index contributed by atoms with van der Waals surface area (Å²) in [5.41, 5.74) is 2.73. The van der Waals surface area contributed by atoms with Gasteiger partial charge in [-0.25, -0.2) is 4.98 Å². The Morgan fingerprint density at radius 3 is 2.82 bits per heavy atom. The summed E-state index contributed by atoms with van der Waals surface area (Å²) >= 11 is 0. The van der Waals surface area contributed by atoms with Crippen LogP contribution in [0.15, 0.2) is 42.6 Å². The third-order valence-electron chi connectivity index (χ3n) is 3.85. The fraction of sp³-hybridized carbons (Fsp3) is 0.235. The number of likely N-dealkylation sites (N-methyl/N-ethyl adjacent to an activating group) is 1. The van der Waals surface area contributed by atoms with Crippen molar-refractivity contribution in [3.8, 4) is 0 Å². The minimum absolute atomic E-state index is 0.0626. The Balaban J connectivity index is 2.03. The van der Waals surface area contributed by atoms with E-state index in [0.717, 1.165) is 17.5 Å². The molecule has 3 rings (SSSR count). The van der Waals surface area contributed by atoms with E-state index in [2.05, 4.69) is 4.98 Å². The maximum atomic E-state index is 12.9. The summed E-state index contributed by atoms with van der Waals surface area (Å²) in [5.74, 6) is 0.621. The average molecular weight is 295 g/mol. The number of hydrogen-bond acceptors (Lipinski definition) is 3. The molecule has 0 saturated carbocycles. The maximum Gasteiger partial charge on any atom is 0.259 e. The molecule has 1 aromatic carbocycles. The highest BCUT2D eigenvalue weighted by Crippen LogP contribution is 2.28. The van der Waals surface area contributed by atoms with Gasteiger partial charge in [-0.05, 0) is 23.3 Å². The van der Waals surface area contributed by atoms with Gasteiger partial charge in [0.25, 0.3) is 5.91 Å². The van der Waals surface area contributed by atoms with Crippen molar-refractivity contribution in [1.82, 2.24) is 9.88 Å². The molecule has 2 aromatic rings. The molecule has 0 unspecified atom stereocenters. The molecule has 1 aromatic heterocycles. The van der Waals surface area contributed by atoms with Crippen molar-refractivity contribution in [3.63, 3.8) is 0 Å². The van der Waals surface area contributed by atoms with E-state index in [1.165, 1.54) is 4.90 Å².